The Balaban J connectivity index is 1.81. The summed E-state index contributed by atoms with van der Waals surface area (Å²) in [5, 5.41) is 17.0. The molecule has 0 aliphatic rings. The molecule has 0 bridgehead atoms. The van der Waals surface area contributed by atoms with Crippen molar-refractivity contribution in [3.05, 3.63) is 57.6 Å². The van der Waals surface area contributed by atoms with Crippen LogP contribution in [-0.4, -0.2) is 26.9 Å². The number of aromatic nitrogens is 2. The van der Waals surface area contributed by atoms with Crippen LogP contribution in [0.1, 0.15) is 23.0 Å². The normalized spacial score (nSPS) is 14.0. The summed E-state index contributed by atoms with van der Waals surface area (Å²) >= 11 is 7.55. The fourth-order valence-electron chi connectivity index (χ4n) is 2.18. The van der Waals surface area contributed by atoms with Crippen LogP contribution in [0, 0.1) is 0 Å². The van der Waals surface area contributed by atoms with Gasteiger partial charge in [-0.25, -0.2) is 4.98 Å². The molecule has 5 nitrogen and oxygen atoms in total. The Morgan fingerprint density at radius 2 is 2.32 bits per heavy atom. The first kappa shape index (κ1) is 15.0. The molecule has 1 atom stereocenters. The lowest BCUT2D eigenvalue weighted by Gasteiger charge is -2.22. The Hall–Kier alpha value is -1.89. The third kappa shape index (κ3) is 2.72. The number of carbonyl (C=O) groups is 1. The van der Waals surface area contributed by atoms with Crippen LogP contribution in [0.4, 0.5) is 0 Å². The quantitative estimate of drug-likeness (QED) is 0.770. The second-order valence-electron chi connectivity index (χ2n) is 5.15. The van der Waals surface area contributed by atoms with Crippen LogP contribution >= 0.6 is 22.9 Å². The van der Waals surface area contributed by atoms with Crippen molar-refractivity contribution in [3.8, 4) is 0 Å². The third-order valence-corrected chi connectivity index (χ3v) is 4.39. The van der Waals surface area contributed by atoms with Crippen LogP contribution in [0.5, 0.6) is 0 Å². The number of fused-ring (bicyclic) bond motifs is 1. The lowest BCUT2D eigenvalue weighted by Crippen LogP contribution is -2.38. The predicted octanol–water partition coefficient (Wildman–Crippen LogP) is 2.69. The minimum atomic E-state index is -1.14. The van der Waals surface area contributed by atoms with Gasteiger partial charge < -0.3 is 10.4 Å². The first-order valence-corrected chi connectivity index (χ1v) is 7.97. The highest BCUT2D eigenvalue weighted by Gasteiger charge is 2.26. The molecule has 2 N–H and O–H groups in total. The molecule has 3 aromatic heterocycles. The van der Waals surface area contributed by atoms with Gasteiger partial charge in [-0.15, -0.1) is 0 Å². The monoisotopic (exact) mass is 335 g/mol. The lowest BCUT2D eigenvalue weighted by molar-refractivity contribution is 0.0528. The molecule has 0 spiro atoms. The number of hydrogen-bond acceptors (Lipinski definition) is 4. The molecule has 22 heavy (non-hydrogen) atoms. The molecular weight excluding hydrogens is 322 g/mol. The molecule has 0 aliphatic carbocycles. The van der Waals surface area contributed by atoms with Crippen molar-refractivity contribution in [1.29, 1.82) is 0 Å². The van der Waals surface area contributed by atoms with E-state index in [9.17, 15) is 9.90 Å². The number of nitrogens with one attached hydrogen (secondary N) is 1. The van der Waals surface area contributed by atoms with Crippen LogP contribution in [0.3, 0.4) is 0 Å². The number of hydrogen-bond donors (Lipinski definition) is 2. The van der Waals surface area contributed by atoms with Gasteiger partial charge in [0.05, 0.1) is 6.54 Å². The van der Waals surface area contributed by atoms with E-state index in [1.165, 1.54) is 11.3 Å². The Kier molecular flexibility index (Phi) is 3.90. The average molecular weight is 336 g/mol. The van der Waals surface area contributed by atoms with Gasteiger partial charge in [0.25, 0.3) is 5.91 Å². The molecule has 0 saturated carbocycles. The zero-order valence-electron chi connectivity index (χ0n) is 11.8. The zero-order chi connectivity index (χ0) is 15.7. The average Bonchev–Trinajstić information content (AvgIpc) is 3.12. The van der Waals surface area contributed by atoms with E-state index in [2.05, 4.69) is 10.3 Å². The molecule has 3 heterocycles. The van der Waals surface area contributed by atoms with Gasteiger partial charge >= 0.3 is 0 Å². The molecule has 0 radical (unpaired) electrons. The van der Waals surface area contributed by atoms with Crippen molar-refractivity contribution in [2.45, 2.75) is 12.5 Å². The molecule has 0 aromatic carbocycles. The summed E-state index contributed by atoms with van der Waals surface area (Å²) in [5.74, 6) is -0.376. The molecule has 0 fully saturated rings. The van der Waals surface area contributed by atoms with Crippen LogP contribution in [-0.2, 0) is 5.60 Å². The van der Waals surface area contributed by atoms with E-state index >= 15 is 0 Å². The predicted molar refractivity (Wildman–Crippen MR) is 86.4 cm³/mol. The Bertz CT molecular complexity index is 811. The minimum absolute atomic E-state index is 0.0823. The van der Waals surface area contributed by atoms with Gasteiger partial charge in [-0.05, 0) is 41.4 Å². The molecule has 7 heteroatoms. The summed E-state index contributed by atoms with van der Waals surface area (Å²) < 4.78 is 1.62. The van der Waals surface area contributed by atoms with E-state index < -0.39 is 5.60 Å². The number of carbonyl (C=O) groups excluding carboxylic acids is 1. The van der Waals surface area contributed by atoms with Gasteiger partial charge in [-0.2, -0.15) is 11.3 Å². The van der Waals surface area contributed by atoms with Crippen LogP contribution < -0.4 is 5.32 Å². The van der Waals surface area contributed by atoms with Crippen LogP contribution in [0.2, 0.25) is 5.15 Å². The number of thiophene rings is 1. The van der Waals surface area contributed by atoms with E-state index in [0.29, 0.717) is 5.65 Å². The van der Waals surface area contributed by atoms with Crippen LogP contribution in [0.15, 0.2) is 41.2 Å². The molecule has 3 aromatic rings. The van der Waals surface area contributed by atoms with E-state index in [4.69, 9.17) is 11.6 Å². The Morgan fingerprint density at radius 3 is 3.05 bits per heavy atom. The topological polar surface area (TPSA) is 66.6 Å². The molecule has 114 valence electrons. The lowest BCUT2D eigenvalue weighted by atomic mass is 9.99. The largest absolute Gasteiger partial charge is 0.384 e. The zero-order valence-corrected chi connectivity index (χ0v) is 13.4. The van der Waals surface area contributed by atoms with E-state index in [1.807, 2.05) is 22.9 Å². The highest BCUT2D eigenvalue weighted by atomic mass is 35.5. The summed E-state index contributed by atoms with van der Waals surface area (Å²) in [6.45, 7) is 1.74. The van der Waals surface area contributed by atoms with Gasteiger partial charge in [0, 0.05) is 6.20 Å². The van der Waals surface area contributed by atoms with E-state index in [0.717, 1.165) is 5.56 Å². The number of halogens is 1. The van der Waals surface area contributed by atoms with Crippen molar-refractivity contribution in [1.82, 2.24) is 14.7 Å². The fourth-order valence-corrected chi connectivity index (χ4v) is 3.23. The van der Waals surface area contributed by atoms with Crippen molar-refractivity contribution >= 4 is 34.5 Å². The Labute approximate surface area is 136 Å². The molecule has 1 amide bonds. The molecule has 3 rings (SSSR count). The maximum atomic E-state index is 12.4. The molecular formula is C15H14ClN3O2S. The SMILES string of the molecule is CC(O)(CNC(=O)c1c(Cl)nc2ccccn12)c1ccsc1. The van der Waals surface area contributed by atoms with Gasteiger partial charge in [0.1, 0.15) is 11.2 Å². The van der Waals surface area contributed by atoms with Crippen molar-refractivity contribution in [3.63, 3.8) is 0 Å². The first-order valence-electron chi connectivity index (χ1n) is 6.65. The second-order valence-corrected chi connectivity index (χ2v) is 6.29. The highest BCUT2D eigenvalue weighted by Crippen LogP contribution is 2.23. The smallest absolute Gasteiger partial charge is 0.271 e. The van der Waals surface area contributed by atoms with Crippen molar-refractivity contribution in [2.75, 3.05) is 6.54 Å². The molecule has 1 unspecified atom stereocenters. The maximum Gasteiger partial charge on any atom is 0.271 e. The van der Waals surface area contributed by atoms with E-state index in [-0.39, 0.29) is 23.3 Å². The van der Waals surface area contributed by atoms with Crippen molar-refractivity contribution in [2.24, 2.45) is 0 Å². The van der Waals surface area contributed by atoms with Gasteiger partial charge in [-0.1, -0.05) is 17.7 Å². The summed E-state index contributed by atoms with van der Waals surface area (Å²) in [5.41, 5.74) is 0.491. The highest BCUT2D eigenvalue weighted by molar-refractivity contribution is 7.08. The third-order valence-electron chi connectivity index (χ3n) is 3.44. The standard InChI is InChI=1S/C15H14ClN3O2S/c1-15(21,10-5-7-22-8-10)9-17-14(20)12-13(16)18-11-4-2-3-6-19(11)12/h2-8,21H,9H2,1H3,(H,17,20). The first-order chi connectivity index (χ1) is 10.5. The van der Waals surface area contributed by atoms with Crippen LogP contribution in [0.25, 0.3) is 5.65 Å². The second kappa shape index (κ2) is 5.72. The Morgan fingerprint density at radius 1 is 1.50 bits per heavy atom. The number of imidazole rings is 1. The summed E-state index contributed by atoms with van der Waals surface area (Å²) in [4.78, 5) is 16.5. The summed E-state index contributed by atoms with van der Waals surface area (Å²) in [6.07, 6.45) is 1.72. The van der Waals surface area contributed by atoms with Crippen molar-refractivity contribution < 1.29 is 9.90 Å². The minimum Gasteiger partial charge on any atom is -0.384 e. The molecule has 0 saturated heterocycles. The number of nitrogens with zero attached hydrogens (tertiary/aromatic N) is 2. The summed E-state index contributed by atoms with van der Waals surface area (Å²) in [6, 6.07) is 7.22. The number of aliphatic hydroxyl groups is 1. The molecule has 0 aliphatic heterocycles. The number of pyridine rings is 1. The number of amides is 1. The van der Waals surface area contributed by atoms with E-state index in [1.54, 1.807) is 29.7 Å². The van der Waals surface area contributed by atoms with Gasteiger partial charge in [0.15, 0.2) is 10.8 Å². The summed E-state index contributed by atoms with van der Waals surface area (Å²) in [7, 11) is 0. The fraction of sp³-hybridized carbons (Fsp3) is 0.200. The number of rotatable bonds is 4. The maximum absolute atomic E-state index is 12.4. The van der Waals surface area contributed by atoms with Gasteiger partial charge in [0.2, 0.25) is 0 Å². The van der Waals surface area contributed by atoms with Gasteiger partial charge in [-0.3, -0.25) is 9.20 Å².